The summed E-state index contributed by atoms with van der Waals surface area (Å²) in [7, 11) is 0. The quantitative estimate of drug-likeness (QED) is 0.558. The van der Waals surface area contributed by atoms with Crippen LogP contribution in [0.15, 0.2) is 0 Å². The fourth-order valence-corrected chi connectivity index (χ4v) is 2.26. The minimum Gasteiger partial charge on any atom is -0.303 e. The van der Waals surface area contributed by atoms with E-state index in [4.69, 9.17) is 0 Å². The molecule has 0 heterocycles. The molecule has 2 aliphatic rings. The highest BCUT2D eigenvalue weighted by molar-refractivity contribution is 5.60. The summed E-state index contributed by atoms with van der Waals surface area (Å²) in [4.78, 5) is 10.4. The number of aldehydes is 1. The Morgan fingerprint density at radius 3 is 2.17 bits per heavy atom. The maximum Gasteiger partial charge on any atom is 0.248 e. The molecule has 1 nitrogen and oxygen atoms in total. The van der Waals surface area contributed by atoms with E-state index in [9.17, 15) is 13.6 Å². The Balaban J connectivity index is 1.96. The molecule has 0 amide bonds. The number of carbonyl (C=O) groups excluding carboxylic acids is 1. The van der Waals surface area contributed by atoms with Gasteiger partial charge in [-0.1, -0.05) is 0 Å². The molecule has 1 unspecified atom stereocenters. The molecule has 1 atom stereocenters. The highest BCUT2D eigenvalue weighted by Crippen LogP contribution is 2.62. The van der Waals surface area contributed by atoms with Crippen molar-refractivity contribution < 1.29 is 13.6 Å². The van der Waals surface area contributed by atoms with Crippen molar-refractivity contribution in [2.45, 2.75) is 38.0 Å². The van der Waals surface area contributed by atoms with Gasteiger partial charge in [-0.2, -0.15) is 0 Å². The molecule has 2 saturated carbocycles. The topological polar surface area (TPSA) is 17.1 Å². The number of alkyl halides is 2. The first kappa shape index (κ1) is 8.14. The van der Waals surface area contributed by atoms with Gasteiger partial charge in [-0.25, -0.2) is 8.78 Å². The van der Waals surface area contributed by atoms with Gasteiger partial charge in [-0.05, 0) is 24.7 Å². The smallest absolute Gasteiger partial charge is 0.248 e. The van der Waals surface area contributed by atoms with E-state index in [-0.39, 0.29) is 24.2 Å². The fraction of sp³-hybridized carbons (Fsp3) is 0.889. The average molecular weight is 174 g/mol. The van der Waals surface area contributed by atoms with Crippen LogP contribution in [0.5, 0.6) is 0 Å². The van der Waals surface area contributed by atoms with Gasteiger partial charge in [0.05, 0.1) is 0 Å². The number of hydrogen-bond acceptors (Lipinski definition) is 1. The first-order valence-electron chi connectivity index (χ1n) is 4.41. The molecule has 0 radical (unpaired) electrons. The van der Waals surface area contributed by atoms with Crippen molar-refractivity contribution in [3.8, 4) is 0 Å². The summed E-state index contributed by atoms with van der Waals surface area (Å²) in [5.41, 5.74) is 0.00340. The van der Waals surface area contributed by atoms with Gasteiger partial charge >= 0.3 is 0 Å². The Morgan fingerprint density at radius 1 is 1.17 bits per heavy atom. The molecule has 0 aromatic heterocycles. The van der Waals surface area contributed by atoms with Crippen molar-refractivity contribution in [2.24, 2.45) is 11.3 Å². The number of rotatable bonds is 1. The first-order valence-corrected chi connectivity index (χ1v) is 4.41. The third-order valence-electron chi connectivity index (χ3n) is 3.39. The third kappa shape index (κ3) is 1.15. The largest absolute Gasteiger partial charge is 0.303 e. The van der Waals surface area contributed by atoms with Gasteiger partial charge < -0.3 is 4.79 Å². The minimum atomic E-state index is -2.46. The summed E-state index contributed by atoms with van der Waals surface area (Å²) >= 11 is 0. The standard InChI is InChI=1S/C9H12F2O/c10-9(11)3-1-8(2-4-9)5-7(8)6-12/h6-7H,1-5H2. The van der Waals surface area contributed by atoms with E-state index in [1.807, 2.05) is 0 Å². The van der Waals surface area contributed by atoms with Crippen LogP contribution in [0.3, 0.4) is 0 Å². The molecule has 2 rings (SSSR count). The fourth-order valence-electron chi connectivity index (χ4n) is 2.26. The van der Waals surface area contributed by atoms with Crippen LogP contribution in [-0.2, 0) is 4.79 Å². The van der Waals surface area contributed by atoms with Crippen LogP contribution in [0.4, 0.5) is 8.78 Å². The monoisotopic (exact) mass is 174 g/mol. The van der Waals surface area contributed by atoms with Crippen LogP contribution in [0, 0.1) is 11.3 Å². The maximum atomic E-state index is 12.7. The molecule has 2 fully saturated rings. The zero-order valence-corrected chi connectivity index (χ0v) is 6.85. The molecule has 0 saturated heterocycles. The maximum absolute atomic E-state index is 12.7. The second kappa shape index (κ2) is 2.27. The van der Waals surface area contributed by atoms with Crippen molar-refractivity contribution in [3.63, 3.8) is 0 Å². The third-order valence-corrected chi connectivity index (χ3v) is 3.39. The highest BCUT2D eigenvalue weighted by Gasteiger charge is 2.57. The normalized spacial score (nSPS) is 36.3. The number of hydrogen-bond donors (Lipinski definition) is 0. The van der Waals surface area contributed by atoms with Crippen LogP contribution in [0.2, 0.25) is 0 Å². The molecule has 2 aliphatic carbocycles. The Kier molecular flexibility index (Phi) is 1.54. The second-order valence-electron chi connectivity index (χ2n) is 4.17. The molecule has 0 aromatic rings. The molecule has 0 aromatic carbocycles. The van der Waals surface area contributed by atoms with Crippen molar-refractivity contribution in [1.82, 2.24) is 0 Å². The van der Waals surface area contributed by atoms with Crippen molar-refractivity contribution >= 4 is 6.29 Å². The van der Waals surface area contributed by atoms with Crippen LogP contribution in [-0.4, -0.2) is 12.2 Å². The van der Waals surface area contributed by atoms with E-state index in [1.54, 1.807) is 0 Å². The SMILES string of the molecule is O=CC1CC12CCC(F)(F)CC2. The molecule has 0 aliphatic heterocycles. The van der Waals surface area contributed by atoms with E-state index in [2.05, 4.69) is 0 Å². The van der Waals surface area contributed by atoms with E-state index >= 15 is 0 Å². The minimum absolute atomic E-state index is 0.00340. The Labute approximate surface area is 70.1 Å². The molecule has 68 valence electrons. The zero-order chi connectivity index (χ0) is 8.82. The van der Waals surface area contributed by atoms with E-state index < -0.39 is 5.92 Å². The number of carbonyl (C=O) groups is 1. The van der Waals surface area contributed by atoms with Crippen LogP contribution in [0.1, 0.15) is 32.1 Å². The van der Waals surface area contributed by atoms with Gasteiger partial charge in [0.1, 0.15) is 6.29 Å². The van der Waals surface area contributed by atoms with E-state index in [1.165, 1.54) is 0 Å². The van der Waals surface area contributed by atoms with Crippen LogP contribution in [0.25, 0.3) is 0 Å². The lowest BCUT2D eigenvalue weighted by molar-refractivity contribution is -0.110. The molecule has 3 heteroatoms. The molecule has 0 bridgehead atoms. The van der Waals surface area contributed by atoms with E-state index in [0.29, 0.717) is 12.8 Å². The molecule has 1 spiro atoms. The number of halogens is 2. The van der Waals surface area contributed by atoms with Gasteiger partial charge in [-0.3, -0.25) is 0 Å². The summed E-state index contributed by atoms with van der Waals surface area (Å²) in [5.74, 6) is -2.37. The lowest BCUT2D eigenvalue weighted by atomic mass is 9.82. The first-order chi connectivity index (χ1) is 5.58. The molecular weight excluding hydrogens is 162 g/mol. The summed E-state index contributed by atoms with van der Waals surface area (Å²) < 4.78 is 25.4. The lowest BCUT2D eigenvalue weighted by Gasteiger charge is -2.28. The van der Waals surface area contributed by atoms with Crippen LogP contribution >= 0.6 is 0 Å². The lowest BCUT2D eigenvalue weighted by Crippen LogP contribution is -2.26. The summed E-state index contributed by atoms with van der Waals surface area (Å²) in [5, 5.41) is 0. The van der Waals surface area contributed by atoms with Crippen molar-refractivity contribution in [3.05, 3.63) is 0 Å². The zero-order valence-electron chi connectivity index (χ0n) is 6.85. The van der Waals surface area contributed by atoms with Crippen molar-refractivity contribution in [2.75, 3.05) is 0 Å². The average Bonchev–Trinajstić information content (AvgIpc) is 2.72. The second-order valence-corrected chi connectivity index (χ2v) is 4.17. The molecule has 0 N–H and O–H groups in total. The van der Waals surface area contributed by atoms with Gasteiger partial charge in [0, 0.05) is 18.8 Å². The Bertz CT molecular complexity index is 203. The van der Waals surface area contributed by atoms with Crippen LogP contribution < -0.4 is 0 Å². The highest BCUT2D eigenvalue weighted by atomic mass is 19.3. The van der Waals surface area contributed by atoms with E-state index in [0.717, 1.165) is 12.7 Å². The van der Waals surface area contributed by atoms with Gasteiger partial charge in [0.25, 0.3) is 0 Å². The van der Waals surface area contributed by atoms with Gasteiger partial charge in [-0.15, -0.1) is 0 Å². The molecule has 12 heavy (non-hydrogen) atoms. The molecular formula is C9H12F2O. The Hall–Kier alpha value is -0.470. The summed E-state index contributed by atoms with van der Waals surface area (Å²) in [6, 6.07) is 0. The summed E-state index contributed by atoms with van der Waals surface area (Å²) in [6.07, 6.45) is 2.84. The Morgan fingerprint density at radius 2 is 1.75 bits per heavy atom. The van der Waals surface area contributed by atoms with Gasteiger partial charge in [0.2, 0.25) is 5.92 Å². The van der Waals surface area contributed by atoms with Gasteiger partial charge in [0.15, 0.2) is 0 Å². The predicted octanol–water partition coefficient (Wildman–Crippen LogP) is 2.40. The predicted molar refractivity (Wildman–Crippen MR) is 40.0 cm³/mol. The van der Waals surface area contributed by atoms with Crippen molar-refractivity contribution in [1.29, 1.82) is 0 Å². The summed E-state index contributed by atoms with van der Waals surface area (Å²) in [6.45, 7) is 0.